The van der Waals surface area contributed by atoms with Gasteiger partial charge < -0.3 is 0 Å². The molecule has 0 aliphatic carbocycles. The van der Waals surface area contributed by atoms with Crippen LogP contribution in [0.5, 0.6) is 0 Å². The summed E-state index contributed by atoms with van der Waals surface area (Å²) < 4.78 is 30.0. The van der Waals surface area contributed by atoms with E-state index < -0.39 is 51.0 Å². The number of nitro benzene ring substituents is 1. The predicted octanol–water partition coefficient (Wildman–Crippen LogP) is 3.48. The Morgan fingerprint density at radius 1 is 0.944 bits per heavy atom. The fourth-order valence-corrected chi connectivity index (χ4v) is 3.97. The van der Waals surface area contributed by atoms with Crippen LogP contribution in [-0.2, 0) is 6.54 Å². The van der Waals surface area contributed by atoms with Crippen LogP contribution >= 0.6 is 0 Å². The fourth-order valence-electron chi connectivity index (χ4n) is 3.97. The molecule has 0 bridgehead atoms. The quantitative estimate of drug-likeness (QED) is 0.176. The third-order valence-electron chi connectivity index (χ3n) is 5.68. The van der Waals surface area contributed by atoms with Gasteiger partial charge in [0, 0.05) is 12.1 Å². The molecule has 2 heterocycles. The Hall–Kier alpha value is -5.13. The van der Waals surface area contributed by atoms with Crippen molar-refractivity contribution in [2.45, 2.75) is 6.54 Å². The number of rotatable bonds is 6. The van der Waals surface area contributed by atoms with Gasteiger partial charge in [-0.25, -0.2) is 8.78 Å². The van der Waals surface area contributed by atoms with Crippen molar-refractivity contribution in [2.24, 2.45) is 0 Å². The zero-order valence-electron chi connectivity index (χ0n) is 18.1. The second-order valence-corrected chi connectivity index (χ2v) is 7.74. The molecule has 1 aromatic heterocycles. The molecule has 0 spiro atoms. The van der Waals surface area contributed by atoms with Gasteiger partial charge in [-0.1, -0.05) is 18.2 Å². The normalized spacial score (nSPS) is 12.7. The number of hydrogen-bond donors (Lipinski definition) is 0. The number of non-ortho nitro benzene ring substituents is 1. The number of aromatic nitrogens is 3. The number of imide groups is 1. The minimum absolute atomic E-state index is 0.0291. The van der Waals surface area contributed by atoms with E-state index >= 15 is 0 Å². The van der Waals surface area contributed by atoms with Crippen LogP contribution in [0, 0.1) is 21.7 Å². The SMILES string of the molecule is O=C(c1cc([N+](=O)[O-])ccc1-n1cnnc1CN1C(=O)c2ccccc2C1=O)c1c(F)cccc1F. The van der Waals surface area contributed by atoms with Crippen LogP contribution in [0.1, 0.15) is 42.5 Å². The molecule has 0 N–H and O–H groups in total. The van der Waals surface area contributed by atoms with Crippen LogP contribution in [0.15, 0.2) is 67.0 Å². The minimum Gasteiger partial charge on any atom is -0.288 e. The standard InChI is InChI=1S/C24H13F2N5O5/c25-17-6-3-7-18(26)21(17)22(32)16-10-13(31(35)36)8-9-19(16)30-12-27-28-20(30)11-29-23(33)14-4-1-2-5-15(14)24(29)34/h1-10,12H,11H2. The Morgan fingerprint density at radius 3 is 2.19 bits per heavy atom. The first kappa shape index (κ1) is 22.7. The molecule has 1 aliphatic rings. The average molecular weight is 489 g/mol. The highest BCUT2D eigenvalue weighted by Gasteiger charge is 2.36. The van der Waals surface area contributed by atoms with Crippen LogP contribution in [-0.4, -0.2) is 42.2 Å². The Labute approximate surface area is 200 Å². The molecule has 0 radical (unpaired) electrons. The van der Waals surface area contributed by atoms with Crippen molar-refractivity contribution in [1.82, 2.24) is 19.7 Å². The molecular formula is C24H13F2N5O5. The molecule has 4 aromatic rings. The number of fused-ring (bicyclic) bond motifs is 1. The average Bonchev–Trinajstić information content (AvgIpc) is 3.42. The molecule has 1 aliphatic heterocycles. The van der Waals surface area contributed by atoms with Gasteiger partial charge in [0.1, 0.15) is 18.0 Å². The monoisotopic (exact) mass is 489 g/mol. The van der Waals surface area contributed by atoms with Gasteiger partial charge in [0.05, 0.1) is 39.4 Å². The minimum atomic E-state index is -1.15. The lowest BCUT2D eigenvalue weighted by Gasteiger charge is -2.16. The highest BCUT2D eigenvalue weighted by molar-refractivity contribution is 6.21. The molecule has 12 heteroatoms. The van der Waals surface area contributed by atoms with E-state index in [0.29, 0.717) is 0 Å². The largest absolute Gasteiger partial charge is 0.288 e. The summed E-state index contributed by atoms with van der Waals surface area (Å²) in [7, 11) is 0. The lowest BCUT2D eigenvalue weighted by Crippen LogP contribution is -2.30. The zero-order valence-corrected chi connectivity index (χ0v) is 18.1. The first-order chi connectivity index (χ1) is 17.3. The van der Waals surface area contributed by atoms with E-state index in [-0.39, 0.29) is 29.2 Å². The maximum atomic E-state index is 14.4. The second kappa shape index (κ2) is 8.58. The first-order valence-electron chi connectivity index (χ1n) is 10.4. The van der Waals surface area contributed by atoms with Gasteiger partial charge in [0.25, 0.3) is 17.5 Å². The van der Waals surface area contributed by atoms with Crippen molar-refractivity contribution in [3.8, 4) is 5.69 Å². The topological polar surface area (TPSA) is 128 Å². The lowest BCUT2D eigenvalue weighted by atomic mass is 9.99. The molecule has 2 amide bonds. The Bertz CT molecular complexity index is 1540. The van der Waals surface area contributed by atoms with Gasteiger partial charge in [-0.3, -0.25) is 34.0 Å². The number of carbonyl (C=O) groups is 3. The number of benzene rings is 3. The predicted molar refractivity (Wildman–Crippen MR) is 118 cm³/mol. The number of halogens is 2. The number of nitro groups is 1. The summed E-state index contributed by atoms with van der Waals surface area (Å²) in [5.74, 6) is -4.52. The molecular weight excluding hydrogens is 476 g/mol. The van der Waals surface area contributed by atoms with Crippen molar-refractivity contribution >= 4 is 23.3 Å². The molecule has 0 atom stereocenters. The molecule has 36 heavy (non-hydrogen) atoms. The van der Waals surface area contributed by atoms with Crippen molar-refractivity contribution in [3.05, 3.63) is 117 Å². The maximum absolute atomic E-state index is 14.4. The summed E-state index contributed by atoms with van der Waals surface area (Å²) >= 11 is 0. The summed E-state index contributed by atoms with van der Waals surface area (Å²) in [6, 6.07) is 12.3. The summed E-state index contributed by atoms with van der Waals surface area (Å²) in [6.07, 6.45) is 1.16. The van der Waals surface area contributed by atoms with Gasteiger partial charge in [-0.05, 0) is 30.3 Å². The molecule has 0 unspecified atom stereocenters. The lowest BCUT2D eigenvalue weighted by molar-refractivity contribution is -0.384. The molecule has 5 rings (SSSR count). The van der Waals surface area contributed by atoms with Crippen molar-refractivity contribution < 1.29 is 28.1 Å². The van der Waals surface area contributed by atoms with Crippen molar-refractivity contribution in [3.63, 3.8) is 0 Å². The van der Waals surface area contributed by atoms with Crippen LogP contribution in [0.4, 0.5) is 14.5 Å². The number of hydrogen-bond acceptors (Lipinski definition) is 7. The number of nitrogens with zero attached hydrogens (tertiary/aromatic N) is 5. The van der Waals surface area contributed by atoms with Gasteiger partial charge in [0.15, 0.2) is 5.82 Å². The molecule has 0 fully saturated rings. The van der Waals surface area contributed by atoms with E-state index in [2.05, 4.69) is 10.2 Å². The van der Waals surface area contributed by atoms with Crippen LogP contribution < -0.4 is 0 Å². The van der Waals surface area contributed by atoms with Crippen LogP contribution in [0.25, 0.3) is 5.69 Å². The summed E-state index contributed by atoms with van der Waals surface area (Å²) in [4.78, 5) is 50.3. The maximum Gasteiger partial charge on any atom is 0.270 e. The zero-order chi connectivity index (χ0) is 25.6. The van der Waals surface area contributed by atoms with E-state index in [1.807, 2.05) is 0 Å². The summed E-state index contributed by atoms with van der Waals surface area (Å²) in [5.41, 5.74) is -1.39. The first-order valence-corrected chi connectivity index (χ1v) is 10.4. The molecule has 0 saturated carbocycles. The Morgan fingerprint density at radius 2 is 1.58 bits per heavy atom. The third kappa shape index (κ3) is 3.60. The number of carbonyl (C=O) groups excluding carboxylic acids is 3. The van der Waals surface area contributed by atoms with Crippen LogP contribution in [0.2, 0.25) is 0 Å². The van der Waals surface area contributed by atoms with E-state index in [9.17, 15) is 33.3 Å². The summed E-state index contributed by atoms with van der Waals surface area (Å²) in [6.45, 7) is -0.342. The number of amides is 2. The van der Waals surface area contributed by atoms with Crippen LogP contribution in [0.3, 0.4) is 0 Å². The van der Waals surface area contributed by atoms with Crippen molar-refractivity contribution in [2.75, 3.05) is 0 Å². The Balaban J connectivity index is 1.59. The fraction of sp³-hybridized carbons (Fsp3) is 0.0417. The highest BCUT2D eigenvalue weighted by Crippen LogP contribution is 2.28. The van der Waals surface area contributed by atoms with E-state index in [1.54, 1.807) is 12.1 Å². The van der Waals surface area contributed by atoms with Crippen molar-refractivity contribution in [1.29, 1.82) is 0 Å². The highest BCUT2D eigenvalue weighted by atomic mass is 19.1. The Kier molecular flexibility index (Phi) is 5.40. The van der Waals surface area contributed by atoms with Gasteiger partial charge in [-0.15, -0.1) is 10.2 Å². The second-order valence-electron chi connectivity index (χ2n) is 7.74. The molecule has 10 nitrogen and oxygen atoms in total. The van der Waals surface area contributed by atoms with E-state index in [4.69, 9.17) is 0 Å². The number of ketones is 1. The van der Waals surface area contributed by atoms with Gasteiger partial charge in [0.2, 0.25) is 5.78 Å². The van der Waals surface area contributed by atoms with E-state index in [0.717, 1.165) is 41.6 Å². The molecule has 178 valence electrons. The van der Waals surface area contributed by atoms with Gasteiger partial charge in [-0.2, -0.15) is 0 Å². The molecule has 3 aromatic carbocycles. The summed E-state index contributed by atoms with van der Waals surface area (Å²) in [5, 5.41) is 19.1. The van der Waals surface area contributed by atoms with E-state index in [1.165, 1.54) is 22.8 Å². The third-order valence-corrected chi connectivity index (χ3v) is 5.68. The molecule has 0 saturated heterocycles. The van der Waals surface area contributed by atoms with Gasteiger partial charge >= 0.3 is 0 Å². The smallest absolute Gasteiger partial charge is 0.270 e.